The van der Waals surface area contributed by atoms with Gasteiger partial charge in [0.2, 0.25) is 11.6 Å². The van der Waals surface area contributed by atoms with Crippen LogP contribution < -0.4 is 9.31 Å². The number of halogens is 10. The van der Waals surface area contributed by atoms with Crippen molar-refractivity contribution < 1.29 is 53.2 Å². The van der Waals surface area contributed by atoms with Crippen molar-refractivity contribution in [3.05, 3.63) is 107 Å². The van der Waals surface area contributed by atoms with Gasteiger partial charge in [0.25, 0.3) is 0 Å². The van der Waals surface area contributed by atoms with E-state index in [-0.39, 0.29) is 0 Å². The van der Waals surface area contributed by atoms with Gasteiger partial charge in [0.05, 0.1) is 11.1 Å². The van der Waals surface area contributed by atoms with Crippen LogP contribution in [0.4, 0.5) is 43.9 Å². The number of hydrogen-bond acceptors (Lipinski definition) is 2. The lowest BCUT2D eigenvalue weighted by Crippen LogP contribution is -2.13. The van der Waals surface area contributed by atoms with Crippen LogP contribution in [0.5, 0.6) is 11.5 Å². The molecule has 0 unspecified atom stereocenters. The monoisotopic (exact) mass is 529 g/mol. The first-order valence-corrected chi connectivity index (χ1v) is 9.92. The minimum absolute atomic E-state index is 0.454. The molecule has 189 valence electrons. The van der Waals surface area contributed by atoms with Crippen LogP contribution in [0.3, 0.4) is 0 Å². The summed E-state index contributed by atoms with van der Waals surface area (Å²) in [5.74, 6) is -23.0. The molecule has 37 heavy (non-hydrogen) atoms. The highest BCUT2D eigenvalue weighted by Crippen LogP contribution is 2.38. The van der Waals surface area contributed by atoms with E-state index in [1.165, 1.54) is 24.3 Å². The molecule has 0 amide bonds. The highest BCUT2D eigenvalue weighted by molar-refractivity contribution is 6.21. The highest BCUT2D eigenvalue weighted by Gasteiger charge is 2.30. The normalized spacial score (nSPS) is 11.0. The molecule has 2 nitrogen and oxygen atoms in total. The Hall–Kier alpha value is -4.16. The maximum Gasteiger partial charge on any atom is 0.658 e. The van der Waals surface area contributed by atoms with Gasteiger partial charge in [-0.3, -0.25) is 0 Å². The average molecular weight is 529 g/mol. The Kier molecular flexibility index (Phi) is 7.06. The summed E-state index contributed by atoms with van der Waals surface area (Å²) < 4.78 is 149. The van der Waals surface area contributed by atoms with Crippen LogP contribution in [0.15, 0.2) is 48.5 Å². The van der Waals surface area contributed by atoms with E-state index in [4.69, 9.17) is 9.31 Å². The Morgan fingerprint density at radius 1 is 0.378 bits per heavy atom. The van der Waals surface area contributed by atoms with Crippen molar-refractivity contribution in [1.29, 1.82) is 0 Å². The molecule has 0 saturated heterocycles. The van der Waals surface area contributed by atoms with Gasteiger partial charge in [0.1, 0.15) is 11.5 Å². The van der Waals surface area contributed by atoms with Crippen molar-refractivity contribution in [2.45, 2.75) is 0 Å². The predicted octanol–water partition coefficient (Wildman–Crippen LogP) is 7.40. The third-order valence-electron chi connectivity index (χ3n) is 5.08. The molecule has 0 aliphatic carbocycles. The van der Waals surface area contributed by atoms with Crippen molar-refractivity contribution in [3.63, 3.8) is 0 Å². The summed E-state index contributed by atoms with van der Waals surface area (Å²) in [5, 5.41) is 0. The maximum atomic E-state index is 14.3. The number of para-hydroxylation sites is 2. The van der Waals surface area contributed by atoms with Gasteiger partial charge in [-0.1, -0.05) is 36.4 Å². The molecule has 0 atom stereocenters. The highest BCUT2D eigenvalue weighted by atomic mass is 19.2. The van der Waals surface area contributed by atoms with Gasteiger partial charge in [0.15, 0.2) is 46.5 Å². The number of rotatable bonds is 6. The molecule has 0 heterocycles. The lowest BCUT2D eigenvalue weighted by atomic mass is 10.0. The second-order valence-electron chi connectivity index (χ2n) is 7.21. The molecule has 0 aromatic heterocycles. The third-order valence-corrected chi connectivity index (χ3v) is 5.08. The second-order valence-corrected chi connectivity index (χ2v) is 7.21. The fourth-order valence-corrected chi connectivity index (χ4v) is 3.36. The van der Waals surface area contributed by atoms with E-state index in [1.807, 2.05) is 0 Å². The van der Waals surface area contributed by atoms with E-state index in [0.717, 1.165) is 24.3 Å². The zero-order valence-corrected chi connectivity index (χ0v) is 17.8. The van der Waals surface area contributed by atoms with Crippen LogP contribution in [0.25, 0.3) is 22.3 Å². The zero-order valence-electron chi connectivity index (χ0n) is 17.8. The average Bonchev–Trinajstić information content (AvgIpc) is 2.90. The van der Waals surface area contributed by atoms with Crippen LogP contribution in [-0.2, 0) is 0 Å². The smallest absolute Gasteiger partial charge is 0.526 e. The molecule has 4 rings (SSSR count). The van der Waals surface area contributed by atoms with Crippen molar-refractivity contribution in [1.82, 2.24) is 0 Å². The Morgan fingerprint density at radius 3 is 0.973 bits per heavy atom. The molecule has 4 aromatic carbocycles. The molecule has 0 bridgehead atoms. The van der Waals surface area contributed by atoms with Crippen LogP contribution in [0.2, 0.25) is 0 Å². The van der Waals surface area contributed by atoms with Gasteiger partial charge in [-0.25, -0.2) is 43.9 Å². The van der Waals surface area contributed by atoms with E-state index < -0.39 is 91.9 Å². The molecule has 1 radical (unpaired) electrons. The number of benzene rings is 4. The van der Waals surface area contributed by atoms with Crippen molar-refractivity contribution >= 4 is 7.69 Å². The molecular weight excluding hydrogens is 521 g/mol. The van der Waals surface area contributed by atoms with Gasteiger partial charge >= 0.3 is 7.69 Å². The van der Waals surface area contributed by atoms with Crippen molar-refractivity contribution in [3.8, 4) is 33.8 Å². The van der Waals surface area contributed by atoms with Gasteiger partial charge in [-0.2, -0.15) is 0 Å². The minimum Gasteiger partial charge on any atom is -0.526 e. The van der Waals surface area contributed by atoms with Crippen molar-refractivity contribution in [2.75, 3.05) is 0 Å². The van der Waals surface area contributed by atoms with E-state index >= 15 is 0 Å². The van der Waals surface area contributed by atoms with Gasteiger partial charge in [-0.05, 0) is 12.1 Å². The lowest BCUT2D eigenvalue weighted by molar-refractivity contribution is 0.380. The zero-order chi connectivity index (χ0) is 27.0. The van der Waals surface area contributed by atoms with Gasteiger partial charge < -0.3 is 9.31 Å². The van der Waals surface area contributed by atoms with E-state index in [9.17, 15) is 43.9 Å². The topological polar surface area (TPSA) is 18.5 Å². The van der Waals surface area contributed by atoms with Crippen molar-refractivity contribution in [2.24, 2.45) is 0 Å². The van der Waals surface area contributed by atoms with Gasteiger partial charge in [-0.15, -0.1) is 0 Å². The summed E-state index contributed by atoms with van der Waals surface area (Å²) in [7, 11) is 0.454. The molecule has 0 spiro atoms. The standard InChI is InChI=1S/C24H8BF10O2/c26-15-13(16(27)20(31)23(34)19(15)30)9-5-1-3-7-11(9)36-25-37-12-8-4-2-6-10(12)14-17(28)21(32)24(35)22(33)18(14)29/h1-8H. The molecule has 13 heteroatoms. The summed E-state index contributed by atoms with van der Waals surface area (Å²) in [5.41, 5.74) is -3.77. The molecule has 0 aliphatic rings. The Labute approximate surface area is 202 Å². The Balaban J connectivity index is 1.67. The van der Waals surface area contributed by atoms with Gasteiger partial charge in [0, 0.05) is 11.1 Å². The first kappa shape index (κ1) is 25.9. The Bertz CT molecular complexity index is 1360. The fourth-order valence-electron chi connectivity index (χ4n) is 3.36. The molecule has 0 fully saturated rings. The van der Waals surface area contributed by atoms with Crippen LogP contribution in [0, 0.1) is 58.2 Å². The van der Waals surface area contributed by atoms with E-state index in [2.05, 4.69) is 0 Å². The maximum absolute atomic E-state index is 14.3. The van der Waals surface area contributed by atoms with Crippen LogP contribution in [0.1, 0.15) is 0 Å². The third kappa shape index (κ3) is 4.45. The van der Waals surface area contributed by atoms with Crippen LogP contribution in [-0.4, -0.2) is 7.69 Å². The quantitative estimate of drug-likeness (QED) is 0.112. The first-order chi connectivity index (χ1) is 17.6. The predicted molar refractivity (Wildman–Crippen MR) is 110 cm³/mol. The SMILES string of the molecule is Fc1c(F)c(F)c(-c2ccccc2O[B]Oc2ccccc2-c2c(F)c(F)c(F)c(F)c2F)c(F)c1F. The summed E-state index contributed by atoms with van der Waals surface area (Å²) in [6.45, 7) is 0. The molecular formula is C24H8BF10O2. The first-order valence-electron chi connectivity index (χ1n) is 9.92. The lowest BCUT2D eigenvalue weighted by Gasteiger charge is -2.15. The largest absolute Gasteiger partial charge is 0.658 e. The Morgan fingerprint density at radius 2 is 0.649 bits per heavy atom. The van der Waals surface area contributed by atoms with E-state index in [1.54, 1.807) is 0 Å². The summed E-state index contributed by atoms with van der Waals surface area (Å²) >= 11 is 0. The summed E-state index contributed by atoms with van der Waals surface area (Å²) in [6.07, 6.45) is 0. The minimum atomic E-state index is -2.36. The fraction of sp³-hybridized carbons (Fsp3) is 0. The second kappa shape index (κ2) is 10.1. The van der Waals surface area contributed by atoms with Crippen LogP contribution >= 0.6 is 0 Å². The molecule has 0 N–H and O–H groups in total. The summed E-state index contributed by atoms with van der Waals surface area (Å²) in [6, 6.07) is 9.07. The molecule has 0 saturated carbocycles. The summed E-state index contributed by atoms with van der Waals surface area (Å²) in [4.78, 5) is 0. The molecule has 4 aromatic rings. The molecule has 0 aliphatic heterocycles. The van der Waals surface area contributed by atoms with E-state index in [0.29, 0.717) is 7.69 Å². The number of hydrogen-bond donors (Lipinski definition) is 0.